The zero-order valence-corrected chi connectivity index (χ0v) is 12.9. The van der Waals surface area contributed by atoms with Crippen molar-refractivity contribution in [1.29, 1.82) is 0 Å². The van der Waals surface area contributed by atoms with Crippen LogP contribution in [0.1, 0.15) is 24.2 Å². The van der Waals surface area contributed by atoms with Gasteiger partial charge in [0.05, 0.1) is 17.6 Å². The highest BCUT2D eigenvalue weighted by molar-refractivity contribution is 7.89. The Kier molecular flexibility index (Phi) is 5.70. The Bertz CT molecular complexity index is 611. The van der Waals surface area contributed by atoms with Crippen LogP contribution in [0.4, 0.5) is 0 Å². The third-order valence-electron chi connectivity index (χ3n) is 2.71. The van der Waals surface area contributed by atoms with E-state index in [1.807, 2.05) is 0 Å². The highest BCUT2D eigenvalue weighted by atomic mass is 32.2. The molecule has 0 heterocycles. The van der Waals surface area contributed by atoms with Crippen LogP contribution in [0.15, 0.2) is 23.1 Å². The molecule has 21 heavy (non-hydrogen) atoms. The first kappa shape index (κ1) is 17.4. The van der Waals surface area contributed by atoms with Crippen LogP contribution in [0.5, 0.6) is 5.75 Å². The van der Waals surface area contributed by atoms with E-state index in [1.54, 1.807) is 6.92 Å². The second-order valence-corrected chi connectivity index (χ2v) is 6.58. The number of carboxylic acid groups (broad SMARTS) is 1. The average Bonchev–Trinajstić information content (AvgIpc) is 2.38. The fourth-order valence-electron chi connectivity index (χ4n) is 1.77. The van der Waals surface area contributed by atoms with Crippen LogP contribution < -0.4 is 4.74 Å². The summed E-state index contributed by atoms with van der Waals surface area (Å²) < 4.78 is 30.7. The van der Waals surface area contributed by atoms with Gasteiger partial charge in [-0.3, -0.25) is 0 Å². The maximum Gasteiger partial charge on any atom is 0.339 e. The van der Waals surface area contributed by atoms with Crippen molar-refractivity contribution in [2.75, 3.05) is 20.2 Å². The number of ether oxygens (including phenoxy) is 1. The second kappa shape index (κ2) is 6.88. The first-order valence-electron chi connectivity index (χ1n) is 6.34. The molecule has 1 atom stereocenters. The largest absolute Gasteiger partial charge is 0.493 e. The van der Waals surface area contributed by atoms with Gasteiger partial charge < -0.3 is 14.9 Å². The van der Waals surface area contributed by atoms with Crippen molar-refractivity contribution in [1.82, 2.24) is 4.31 Å². The number of carbonyl (C=O) groups is 1. The van der Waals surface area contributed by atoms with Crippen molar-refractivity contribution < 1.29 is 28.2 Å². The van der Waals surface area contributed by atoms with E-state index in [4.69, 9.17) is 9.84 Å². The lowest BCUT2D eigenvalue weighted by Gasteiger charge is -2.19. The third kappa shape index (κ3) is 4.16. The van der Waals surface area contributed by atoms with E-state index in [-0.39, 0.29) is 29.4 Å². The van der Waals surface area contributed by atoms with Crippen molar-refractivity contribution >= 4 is 16.0 Å². The van der Waals surface area contributed by atoms with Gasteiger partial charge in [0.2, 0.25) is 10.0 Å². The lowest BCUT2D eigenvalue weighted by molar-refractivity contribution is 0.0692. The van der Waals surface area contributed by atoms with Gasteiger partial charge in [0.15, 0.2) is 0 Å². The number of carboxylic acids is 1. The maximum atomic E-state index is 12.3. The number of benzene rings is 1. The minimum Gasteiger partial charge on any atom is -0.493 e. The Labute approximate surface area is 123 Å². The maximum absolute atomic E-state index is 12.3. The Morgan fingerprint density at radius 1 is 1.43 bits per heavy atom. The first-order valence-corrected chi connectivity index (χ1v) is 7.78. The van der Waals surface area contributed by atoms with Crippen molar-refractivity contribution in [3.05, 3.63) is 23.8 Å². The third-order valence-corrected chi connectivity index (χ3v) is 4.53. The highest BCUT2D eigenvalue weighted by Gasteiger charge is 2.24. The summed E-state index contributed by atoms with van der Waals surface area (Å²) in [6.07, 6.45) is -0.827. The number of aliphatic hydroxyl groups excluding tert-OH is 1. The van der Waals surface area contributed by atoms with E-state index in [0.717, 1.165) is 10.4 Å². The van der Waals surface area contributed by atoms with Gasteiger partial charge in [0, 0.05) is 13.6 Å². The highest BCUT2D eigenvalue weighted by Crippen LogP contribution is 2.24. The predicted octanol–water partition coefficient (Wildman–Crippen LogP) is 0.785. The molecule has 0 saturated heterocycles. The molecule has 0 amide bonds. The second-order valence-electron chi connectivity index (χ2n) is 4.53. The summed E-state index contributed by atoms with van der Waals surface area (Å²) in [6, 6.07) is 3.66. The molecule has 0 spiro atoms. The summed E-state index contributed by atoms with van der Waals surface area (Å²) >= 11 is 0. The molecule has 0 radical (unpaired) electrons. The average molecular weight is 317 g/mol. The fraction of sp³-hybridized carbons (Fsp3) is 0.462. The van der Waals surface area contributed by atoms with Gasteiger partial charge in [0.25, 0.3) is 0 Å². The van der Waals surface area contributed by atoms with Gasteiger partial charge in [-0.25, -0.2) is 13.2 Å². The summed E-state index contributed by atoms with van der Waals surface area (Å²) in [7, 11) is -2.55. The number of hydrogen-bond donors (Lipinski definition) is 2. The SMILES string of the molecule is CCOc1ccc(S(=O)(=O)N(C)CC(C)O)cc1C(=O)O. The molecule has 0 aliphatic heterocycles. The molecule has 0 fully saturated rings. The van der Waals surface area contributed by atoms with Crippen LogP contribution in [-0.4, -0.2) is 55.2 Å². The molecule has 8 heteroatoms. The zero-order chi connectivity index (χ0) is 16.2. The van der Waals surface area contributed by atoms with E-state index in [2.05, 4.69) is 0 Å². The van der Waals surface area contributed by atoms with E-state index in [1.165, 1.54) is 26.1 Å². The zero-order valence-electron chi connectivity index (χ0n) is 12.1. The molecule has 1 aromatic carbocycles. The Hall–Kier alpha value is -1.64. The summed E-state index contributed by atoms with van der Waals surface area (Å²) in [6.45, 7) is 3.35. The van der Waals surface area contributed by atoms with Crippen LogP contribution in [0.2, 0.25) is 0 Å². The topological polar surface area (TPSA) is 104 Å². The number of nitrogens with zero attached hydrogens (tertiary/aromatic N) is 1. The molecule has 0 saturated carbocycles. The molecule has 0 bridgehead atoms. The minimum absolute atomic E-state index is 0.0854. The lowest BCUT2D eigenvalue weighted by atomic mass is 10.2. The Balaban J connectivity index is 3.25. The van der Waals surface area contributed by atoms with Crippen molar-refractivity contribution in [2.24, 2.45) is 0 Å². The van der Waals surface area contributed by atoms with Gasteiger partial charge in [-0.15, -0.1) is 0 Å². The molecule has 2 N–H and O–H groups in total. The number of rotatable bonds is 7. The summed E-state index contributed by atoms with van der Waals surface area (Å²) in [5.41, 5.74) is -0.219. The Morgan fingerprint density at radius 2 is 2.05 bits per heavy atom. The van der Waals surface area contributed by atoms with Crippen molar-refractivity contribution in [2.45, 2.75) is 24.8 Å². The summed E-state index contributed by atoms with van der Waals surface area (Å²) in [4.78, 5) is 11.0. The van der Waals surface area contributed by atoms with E-state index in [9.17, 15) is 18.3 Å². The number of hydrogen-bond acceptors (Lipinski definition) is 5. The van der Waals surface area contributed by atoms with Gasteiger partial charge >= 0.3 is 5.97 Å². The fourth-order valence-corrected chi connectivity index (χ4v) is 3.05. The number of aliphatic hydroxyl groups is 1. The van der Waals surface area contributed by atoms with E-state index in [0.29, 0.717) is 0 Å². The number of aromatic carboxylic acids is 1. The van der Waals surface area contributed by atoms with Crippen LogP contribution in [0, 0.1) is 0 Å². The van der Waals surface area contributed by atoms with E-state index < -0.39 is 22.1 Å². The van der Waals surface area contributed by atoms with Crippen LogP contribution in [0.3, 0.4) is 0 Å². The smallest absolute Gasteiger partial charge is 0.339 e. The van der Waals surface area contributed by atoms with Crippen LogP contribution >= 0.6 is 0 Å². The molecule has 0 aromatic heterocycles. The predicted molar refractivity (Wildman–Crippen MR) is 76.1 cm³/mol. The van der Waals surface area contributed by atoms with Gasteiger partial charge in [-0.1, -0.05) is 0 Å². The standard InChI is InChI=1S/C13H19NO6S/c1-4-20-12-6-5-10(7-11(12)13(16)17)21(18,19)14(3)8-9(2)15/h5-7,9,15H,4,8H2,1-3H3,(H,16,17). The molecular weight excluding hydrogens is 298 g/mol. The summed E-state index contributed by atoms with van der Waals surface area (Å²) in [5, 5.41) is 18.4. The molecule has 1 rings (SSSR count). The van der Waals surface area contributed by atoms with Crippen LogP contribution in [-0.2, 0) is 10.0 Å². The quantitative estimate of drug-likeness (QED) is 0.770. The molecule has 7 nitrogen and oxygen atoms in total. The van der Waals surface area contributed by atoms with Crippen molar-refractivity contribution in [3.63, 3.8) is 0 Å². The van der Waals surface area contributed by atoms with Crippen LogP contribution in [0.25, 0.3) is 0 Å². The normalized spacial score (nSPS) is 13.2. The van der Waals surface area contributed by atoms with Gasteiger partial charge in [-0.05, 0) is 32.0 Å². The monoisotopic (exact) mass is 317 g/mol. The minimum atomic E-state index is -3.87. The molecule has 1 unspecified atom stereocenters. The Morgan fingerprint density at radius 3 is 2.52 bits per heavy atom. The van der Waals surface area contributed by atoms with Gasteiger partial charge in [0.1, 0.15) is 11.3 Å². The van der Waals surface area contributed by atoms with Crippen molar-refractivity contribution in [3.8, 4) is 5.75 Å². The molecule has 0 aliphatic carbocycles. The molecule has 0 aliphatic rings. The summed E-state index contributed by atoms with van der Waals surface area (Å²) in [5.74, 6) is -1.16. The number of likely N-dealkylation sites (N-methyl/N-ethyl adjacent to an activating group) is 1. The number of sulfonamides is 1. The molecular formula is C13H19NO6S. The first-order chi connectivity index (χ1) is 9.70. The lowest BCUT2D eigenvalue weighted by Crippen LogP contribution is -2.33. The molecule has 118 valence electrons. The molecule has 1 aromatic rings. The van der Waals surface area contributed by atoms with E-state index >= 15 is 0 Å². The van der Waals surface area contributed by atoms with Gasteiger partial charge in [-0.2, -0.15) is 4.31 Å².